The molecule has 0 saturated heterocycles. The summed E-state index contributed by atoms with van der Waals surface area (Å²) in [6, 6.07) is 17.9. The number of nitrogens with zero attached hydrogens (tertiary/aromatic N) is 1. The summed E-state index contributed by atoms with van der Waals surface area (Å²) in [5.74, 6) is 1.72. The Morgan fingerprint density at radius 2 is 1.75 bits per heavy atom. The molecule has 0 atom stereocenters. The van der Waals surface area contributed by atoms with Crippen LogP contribution in [-0.4, -0.2) is 11.4 Å². The minimum Gasteiger partial charge on any atom is -0.397 e. The van der Waals surface area contributed by atoms with Crippen molar-refractivity contribution in [3.63, 3.8) is 0 Å². The van der Waals surface area contributed by atoms with Gasteiger partial charge in [0.2, 0.25) is 6.41 Å². The van der Waals surface area contributed by atoms with E-state index in [0.29, 0.717) is 17.8 Å². The second-order valence-electron chi connectivity index (χ2n) is 7.39. The van der Waals surface area contributed by atoms with E-state index in [-0.39, 0.29) is 0 Å². The van der Waals surface area contributed by atoms with Crippen molar-refractivity contribution in [1.82, 2.24) is 4.98 Å². The van der Waals surface area contributed by atoms with E-state index in [1.54, 1.807) is 12.1 Å². The van der Waals surface area contributed by atoms with Gasteiger partial charge >= 0.3 is 0 Å². The number of amides is 1. The molecule has 1 aliphatic rings. The van der Waals surface area contributed by atoms with Gasteiger partial charge in [0.1, 0.15) is 0 Å². The Labute approximate surface area is 167 Å². The highest BCUT2D eigenvalue weighted by molar-refractivity contribution is 5.82. The van der Waals surface area contributed by atoms with Gasteiger partial charge in [-0.25, -0.2) is 0 Å². The number of aromatic nitrogens is 1. The van der Waals surface area contributed by atoms with E-state index in [4.69, 9.17) is 5.73 Å². The quantitative estimate of drug-likeness (QED) is 0.450. The zero-order chi connectivity index (χ0) is 19.8. The van der Waals surface area contributed by atoms with Crippen LogP contribution >= 0.6 is 0 Å². The second-order valence-corrected chi connectivity index (χ2v) is 7.39. The van der Waals surface area contributed by atoms with Gasteiger partial charge in [-0.3, -0.25) is 9.78 Å². The monoisotopic (exact) mass is 375 g/mol. The zero-order valence-electron chi connectivity index (χ0n) is 16.5. The third-order valence-corrected chi connectivity index (χ3v) is 5.72. The Bertz CT molecular complexity index is 896. The zero-order valence-corrected chi connectivity index (χ0v) is 16.5. The summed E-state index contributed by atoms with van der Waals surface area (Å²) in [6.45, 7) is 2.33. The van der Waals surface area contributed by atoms with Gasteiger partial charge in [-0.2, -0.15) is 0 Å². The summed E-state index contributed by atoms with van der Waals surface area (Å²) in [4.78, 5) is 14.4. The molecule has 1 amide bonds. The van der Waals surface area contributed by atoms with E-state index in [0.717, 1.165) is 17.4 Å². The average Bonchev–Trinajstić information content (AvgIpc) is 2.76. The maximum atomic E-state index is 9.96. The first kappa shape index (κ1) is 19.9. The Morgan fingerprint density at radius 1 is 1.04 bits per heavy atom. The lowest BCUT2D eigenvalue weighted by Gasteiger charge is -2.28. The van der Waals surface area contributed by atoms with E-state index < -0.39 is 0 Å². The van der Waals surface area contributed by atoms with Crippen molar-refractivity contribution < 1.29 is 4.79 Å². The average molecular weight is 376 g/mol. The fourth-order valence-corrected chi connectivity index (χ4v) is 4.05. The number of pyridine rings is 1. The Morgan fingerprint density at radius 3 is 2.46 bits per heavy atom. The molecule has 28 heavy (non-hydrogen) atoms. The maximum absolute atomic E-state index is 9.96. The molecular formula is C24H29N3O. The number of para-hydroxylation sites is 3. The lowest BCUT2D eigenvalue weighted by molar-refractivity contribution is -0.105. The molecule has 0 bridgehead atoms. The molecule has 0 aliphatic heterocycles. The third kappa shape index (κ3) is 4.89. The molecule has 1 saturated carbocycles. The van der Waals surface area contributed by atoms with Crippen LogP contribution in [0.1, 0.15) is 50.5 Å². The van der Waals surface area contributed by atoms with Crippen LogP contribution in [0.3, 0.4) is 0 Å². The highest BCUT2D eigenvalue weighted by Gasteiger charge is 2.22. The van der Waals surface area contributed by atoms with Crippen LogP contribution in [0.15, 0.2) is 60.8 Å². The highest BCUT2D eigenvalue weighted by Crippen LogP contribution is 2.38. The summed E-state index contributed by atoms with van der Waals surface area (Å²) >= 11 is 0. The first-order valence-corrected chi connectivity index (χ1v) is 10.1. The van der Waals surface area contributed by atoms with Gasteiger partial charge in [-0.15, -0.1) is 0 Å². The number of nitrogen functional groups attached to an aromatic ring is 1. The molecule has 4 heteroatoms. The van der Waals surface area contributed by atoms with Gasteiger partial charge in [-0.05, 0) is 67.3 Å². The Balaban J connectivity index is 0.000000192. The van der Waals surface area contributed by atoms with Crippen molar-refractivity contribution in [2.75, 3.05) is 11.1 Å². The smallest absolute Gasteiger partial charge is 0.211 e. The summed E-state index contributed by atoms with van der Waals surface area (Å²) < 4.78 is 0. The minimum absolute atomic E-state index is 0.578. The number of benzene rings is 2. The van der Waals surface area contributed by atoms with Crippen molar-refractivity contribution in [3.8, 4) is 0 Å². The van der Waals surface area contributed by atoms with Crippen LogP contribution in [0.25, 0.3) is 10.9 Å². The van der Waals surface area contributed by atoms with Crippen LogP contribution < -0.4 is 11.1 Å². The Hall–Kier alpha value is -2.88. The van der Waals surface area contributed by atoms with E-state index >= 15 is 0 Å². The number of hydrogen-bond donors (Lipinski definition) is 2. The third-order valence-electron chi connectivity index (χ3n) is 5.72. The van der Waals surface area contributed by atoms with E-state index in [1.807, 2.05) is 18.3 Å². The molecule has 146 valence electrons. The van der Waals surface area contributed by atoms with Crippen molar-refractivity contribution >= 4 is 28.7 Å². The first-order chi connectivity index (χ1) is 13.7. The molecule has 1 aliphatic carbocycles. The highest BCUT2D eigenvalue weighted by atomic mass is 16.1. The van der Waals surface area contributed by atoms with Gasteiger partial charge in [0, 0.05) is 11.6 Å². The minimum atomic E-state index is 0.578. The molecule has 0 radical (unpaired) electrons. The largest absolute Gasteiger partial charge is 0.397 e. The number of fused-ring (bicyclic) bond motifs is 1. The SMILES string of the molecule is CCC1CCC(c2ccnc3ccccc23)CC1.Nc1ccccc1NC=O. The second kappa shape index (κ2) is 9.88. The van der Waals surface area contributed by atoms with Crippen LogP contribution in [0, 0.1) is 5.92 Å². The van der Waals surface area contributed by atoms with Gasteiger partial charge in [-0.1, -0.05) is 43.7 Å². The number of anilines is 2. The van der Waals surface area contributed by atoms with Crippen LogP contribution in [0.4, 0.5) is 11.4 Å². The molecular weight excluding hydrogens is 346 g/mol. The number of nitrogens with one attached hydrogen (secondary N) is 1. The summed E-state index contributed by atoms with van der Waals surface area (Å²) in [7, 11) is 0. The van der Waals surface area contributed by atoms with Crippen LogP contribution in [0.5, 0.6) is 0 Å². The van der Waals surface area contributed by atoms with Crippen molar-refractivity contribution in [3.05, 3.63) is 66.4 Å². The first-order valence-electron chi connectivity index (χ1n) is 10.1. The lowest BCUT2D eigenvalue weighted by Crippen LogP contribution is -2.13. The van der Waals surface area contributed by atoms with Gasteiger partial charge in [0.05, 0.1) is 16.9 Å². The van der Waals surface area contributed by atoms with Crippen molar-refractivity contribution in [2.45, 2.75) is 44.9 Å². The normalized spacial score (nSPS) is 18.8. The molecule has 0 spiro atoms. The molecule has 3 aromatic rings. The van der Waals surface area contributed by atoms with Gasteiger partial charge in [0.15, 0.2) is 0 Å². The molecule has 2 aromatic carbocycles. The summed E-state index contributed by atoms with van der Waals surface area (Å²) in [5, 5.41) is 3.83. The molecule has 3 N–H and O–H groups in total. The number of carbonyl (C=O) groups is 1. The maximum Gasteiger partial charge on any atom is 0.211 e. The summed E-state index contributed by atoms with van der Waals surface area (Å²) in [5.41, 5.74) is 9.38. The topological polar surface area (TPSA) is 68.0 Å². The molecule has 1 fully saturated rings. The molecule has 4 nitrogen and oxygen atoms in total. The number of rotatable bonds is 4. The number of nitrogens with two attached hydrogens (primary N) is 1. The van der Waals surface area contributed by atoms with E-state index in [2.05, 4.69) is 47.6 Å². The lowest BCUT2D eigenvalue weighted by atomic mass is 9.77. The molecule has 0 unspecified atom stereocenters. The molecule has 4 rings (SSSR count). The Kier molecular flexibility index (Phi) is 7.01. The van der Waals surface area contributed by atoms with E-state index in [9.17, 15) is 4.79 Å². The van der Waals surface area contributed by atoms with Gasteiger partial charge < -0.3 is 11.1 Å². The van der Waals surface area contributed by atoms with Crippen molar-refractivity contribution in [1.29, 1.82) is 0 Å². The van der Waals surface area contributed by atoms with Crippen LogP contribution in [-0.2, 0) is 4.79 Å². The fraction of sp³-hybridized carbons (Fsp3) is 0.333. The predicted molar refractivity (Wildman–Crippen MR) is 117 cm³/mol. The standard InChI is InChI=1S/C17H21N.C7H8N2O/c1-2-13-7-9-14(10-8-13)15-11-12-18-17-6-4-3-5-16(15)17;8-6-3-1-2-4-7(6)9-5-10/h3-6,11-14H,2,7-10H2,1H3;1-5H,8H2,(H,9,10). The number of hydrogen-bond acceptors (Lipinski definition) is 3. The van der Waals surface area contributed by atoms with Crippen LogP contribution in [0.2, 0.25) is 0 Å². The van der Waals surface area contributed by atoms with Gasteiger partial charge in [0.25, 0.3) is 0 Å². The molecule has 1 aromatic heterocycles. The van der Waals surface area contributed by atoms with E-state index in [1.165, 1.54) is 43.1 Å². The summed E-state index contributed by atoms with van der Waals surface area (Å²) in [6.07, 6.45) is 9.44. The fourth-order valence-electron chi connectivity index (χ4n) is 4.05. The van der Waals surface area contributed by atoms with Crippen molar-refractivity contribution in [2.24, 2.45) is 5.92 Å². The number of carbonyl (C=O) groups excluding carboxylic acids is 1. The molecule has 1 heterocycles. The predicted octanol–water partition coefficient (Wildman–Crippen LogP) is 5.76.